The number of benzene rings is 2. The Balaban J connectivity index is 0.000000126. The van der Waals surface area contributed by atoms with E-state index in [0.717, 1.165) is 15.8 Å². The van der Waals surface area contributed by atoms with Crippen LogP contribution in [0.5, 0.6) is 0 Å². The second-order valence-corrected chi connectivity index (χ2v) is 6.05. The topological polar surface area (TPSA) is 52.0 Å². The van der Waals surface area contributed by atoms with Gasteiger partial charge < -0.3 is 10.2 Å². The number of thiazole rings is 1. The first-order chi connectivity index (χ1) is 10.1. The van der Waals surface area contributed by atoms with Crippen LogP contribution >= 0.6 is 11.3 Å². The monoisotopic (exact) mass is 296 g/mol. The highest BCUT2D eigenvalue weighted by Crippen LogP contribution is 2.23. The van der Waals surface area contributed by atoms with E-state index in [1.165, 1.54) is 27.8 Å². The molecule has 0 spiro atoms. The SMILES string of the molecule is Cc1ccc2occc2c1.Cc1ccc2sc(N)nc2c1. The average molecular weight is 296 g/mol. The third-order valence-corrected chi connectivity index (χ3v) is 4.03. The van der Waals surface area contributed by atoms with Crippen molar-refractivity contribution >= 4 is 37.7 Å². The number of hydrogen-bond acceptors (Lipinski definition) is 4. The molecule has 0 aliphatic carbocycles. The van der Waals surface area contributed by atoms with Gasteiger partial charge in [0.25, 0.3) is 0 Å². The van der Waals surface area contributed by atoms with Crippen molar-refractivity contribution in [1.82, 2.24) is 4.98 Å². The molecule has 0 fully saturated rings. The van der Waals surface area contributed by atoms with E-state index in [-0.39, 0.29) is 0 Å². The lowest BCUT2D eigenvalue weighted by atomic mass is 10.2. The van der Waals surface area contributed by atoms with Gasteiger partial charge in [0.2, 0.25) is 0 Å². The van der Waals surface area contributed by atoms with Crippen molar-refractivity contribution in [3.8, 4) is 0 Å². The molecule has 0 aliphatic rings. The van der Waals surface area contributed by atoms with Crippen molar-refractivity contribution in [2.45, 2.75) is 13.8 Å². The Morgan fingerprint density at radius 3 is 2.62 bits per heavy atom. The fourth-order valence-corrected chi connectivity index (χ4v) is 2.86. The van der Waals surface area contributed by atoms with E-state index < -0.39 is 0 Å². The predicted molar refractivity (Wildman–Crippen MR) is 89.7 cm³/mol. The van der Waals surface area contributed by atoms with Gasteiger partial charge in [-0.05, 0) is 49.7 Å². The largest absolute Gasteiger partial charge is 0.464 e. The molecule has 0 saturated carbocycles. The summed E-state index contributed by atoms with van der Waals surface area (Å²) in [4.78, 5) is 4.17. The number of rotatable bonds is 0. The lowest BCUT2D eigenvalue weighted by molar-refractivity contribution is 0.616. The van der Waals surface area contributed by atoms with E-state index in [1.807, 2.05) is 24.3 Å². The Kier molecular flexibility index (Phi) is 3.62. The number of nitrogens with zero attached hydrogens (tertiary/aromatic N) is 1. The fourth-order valence-electron chi connectivity index (χ4n) is 2.14. The number of furan rings is 1. The summed E-state index contributed by atoms with van der Waals surface area (Å²) < 4.78 is 6.33. The number of anilines is 1. The minimum Gasteiger partial charge on any atom is -0.464 e. The van der Waals surface area contributed by atoms with Crippen LogP contribution in [0.4, 0.5) is 5.13 Å². The second kappa shape index (κ2) is 5.58. The van der Waals surface area contributed by atoms with Gasteiger partial charge in [-0.25, -0.2) is 4.98 Å². The Labute approximate surface area is 127 Å². The van der Waals surface area contributed by atoms with Gasteiger partial charge in [-0.2, -0.15) is 0 Å². The number of nitrogen functional groups attached to an aromatic ring is 1. The van der Waals surface area contributed by atoms with E-state index in [1.54, 1.807) is 6.26 Å². The molecular formula is C17H16N2OS. The van der Waals surface area contributed by atoms with Gasteiger partial charge in [0.15, 0.2) is 5.13 Å². The van der Waals surface area contributed by atoms with Gasteiger partial charge in [0.1, 0.15) is 5.58 Å². The molecule has 0 aliphatic heterocycles. The lowest BCUT2D eigenvalue weighted by Gasteiger charge is -1.89. The van der Waals surface area contributed by atoms with E-state index in [4.69, 9.17) is 10.2 Å². The van der Waals surface area contributed by atoms with Crippen LogP contribution in [0.15, 0.2) is 53.1 Å². The summed E-state index contributed by atoms with van der Waals surface area (Å²) in [5.74, 6) is 0. The summed E-state index contributed by atoms with van der Waals surface area (Å²) in [6.45, 7) is 4.13. The molecule has 4 rings (SSSR count). The molecule has 4 aromatic rings. The number of hydrogen-bond donors (Lipinski definition) is 1. The van der Waals surface area contributed by atoms with Crippen molar-refractivity contribution in [3.05, 3.63) is 59.9 Å². The molecule has 0 atom stereocenters. The summed E-state index contributed by atoms with van der Waals surface area (Å²) >= 11 is 1.53. The Bertz CT molecular complexity index is 892. The van der Waals surface area contributed by atoms with Crippen LogP contribution in [-0.4, -0.2) is 4.98 Å². The first-order valence-electron chi connectivity index (χ1n) is 6.68. The Hall–Kier alpha value is -2.33. The van der Waals surface area contributed by atoms with Crippen LogP contribution in [0.25, 0.3) is 21.2 Å². The van der Waals surface area contributed by atoms with E-state index >= 15 is 0 Å². The molecule has 106 valence electrons. The molecular weight excluding hydrogens is 280 g/mol. The summed E-state index contributed by atoms with van der Waals surface area (Å²) in [5.41, 5.74) is 10.0. The van der Waals surface area contributed by atoms with Crippen molar-refractivity contribution in [2.75, 3.05) is 5.73 Å². The third kappa shape index (κ3) is 3.06. The maximum Gasteiger partial charge on any atom is 0.181 e. The van der Waals surface area contributed by atoms with Crippen molar-refractivity contribution in [2.24, 2.45) is 0 Å². The third-order valence-electron chi connectivity index (χ3n) is 3.17. The van der Waals surface area contributed by atoms with Crippen LogP contribution in [0.2, 0.25) is 0 Å². The van der Waals surface area contributed by atoms with Crippen molar-refractivity contribution < 1.29 is 4.42 Å². The maximum atomic E-state index is 5.55. The molecule has 2 aromatic carbocycles. The van der Waals surface area contributed by atoms with Crippen molar-refractivity contribution in [1.29, 1.82) is 0 Å². The number of nitrogens with two attached hydrogens (primary N) is 1. The number of aryl methyl sites for hydroxylation is 2. The summed E-state index contributed by atoms with van der Waals surface area (Å²) in [5, 5.41) is 1.82. The van der Waals surface area contributed by atoms with Gasteiger partial charge in [-0.15, -0.1) is 0 Å². The van der Waals surface area contributed by atoms with Gasteiger partial charge in [-0.1, -0.05) is 29.0 Å². The minimum atomic E-state index is 0.644. The molecule has 0 unspecified atom stereocenters. The lowest BCUT2D eigenvalue weighted by Crippen LogP contribution is -1.79. The van der Waals surface area contributed by atoms with Crippen LogP contribution in [0, 0.1) is 13.8 Å². The van der Waals surface area contributed by atoms with E-state index in [2.05, 4.69) is 37.0 Å². The quantitative estimate of drug-likeness (QED) is 0.500. The van der Waals surface area contributed by atoms with E-state index in [0.29, 0.717) is 5.13 Å². The van der Waals surface area contributed by atoms with Crippen LogP contribution in [0.1, 0.15) is 11.1 Å². The Morgan fingerprint density at radius 1 is 1.00 bits per heavy atom. The smallest absolute Gasteiger partial charge is 0.181 e. The summed E-state index contributed by atoms with van der Waals surface area (Å²) in [6.07, 6.45) is 1.71. The van der Waals surface area contributed by atoms with Crippen LogP contribution in [0.3, 0.4) is 0 Å². The highest BCUT2D eigenvalue weighted by molar-refractivity contribution is 7.22. The predicted octanol–water partition coefficient (Wildman–Crippen LogP) is 4.93. The maximum absolute atomic E-state index is 5.55. The first-order valence-corrected chi connectivity index (χ1v) is 7.50. The van der Waals surface area contributed by atoms with Gasteiger partial charge in [0.05, 0.1) is 16.5 Å². The molecule has 2 N–H and O–H groups in total. The van der Waals surface area contributed by atoms with Crippen LogP contribution in [-0.2, 0) is 0 Å². The van der Waals surface area contributed by atoms with Gasteiger partial charge in [-0.3, -0.25) is 0 Å². The molecule has 0 amide bonds. The van der Waals surface area contributed by atoms with Gasteiger partial charge >= 0.3 is 0 Å². The highest BCUT2D eigenvalue weighted by atomic mass is 32.1. The Morgan fingerprint density at radius 2 is 1.76 bits per heavy atom. The summed E-state index contributed by atoms with van der Waals surface area (Å²) in [6, 6.07) is 14.3. The minimum absolute atomic E-state index is 0.644. The fraction of sp³-hybridized carbons (Fsp3) is 0.118. The molecule has 3 nitrogen and oxygen atoms in total. The molecule has 0 saturated heterocycles. The summed E-state index contributed by atoms with van der Waals surface area (Å²) in [7, 11) is 0. The standard InChI is InChI=1S/C9H8O.C8H8N2S/c1-7-2-3-9-8(6-7)4-5-10-9;1-5-2-3-7-6(4-5)10-8(9)11-7/h2-6H,1H3;2-4H,1H3,(H2,9,10). The molecule has 0 bridgehead atoms. The normalized spacial score (nSPS) is 10.6. The zero-order valence-electron chi connectivity index (χ0n) is 12.0. The highest BCUT2D eigenvalue weighted by Gasteiger charge is 1.98. The van der Waals surface area contributed by atoms with Crippen LogP contribution < -0.4 is 5.73 Å². The number of aromatic nitrogens is 1. The van der Waals surface area contributed by atoms with Crippen molar-refractivity contribution in [3.63, 3.8) is 0 Å². The average Bonchev–Trinajstić information content (AvgIpc) is 3.03. The zero-order valence-corrected chi connectivity index (χ0v) is 12.8. The molecule has 2 heterocycles. The van der Waals surface area contributed by atoms with Gasteiger partial charge in [0, 0.05) is 5.39 Å². The zero-order chi connectivity index (χ0) is 14.8. The molecule has 4 heteroatoms. The molecule has 2 aromatic heterocycles. The molecule has 21 heavy (non-hydrogen) atoms. The first kappa shape index (κ1) is 13.6. The second-order valence-electron chi connectivity index (χ2n) is 4.99. The number of fused-ring (bicyclic) bond motifs is 2. The molecule has 0 radical (unpaired) electrons. The van der Waals surface area contributed by atoms with E-state index in [9.17, 15) is 0 Å².